The number of halogens is 1. The molecule has 0 spiro atoms. The van der Waals surface area contributed by atoms with E-state index in [9.17, 15) is 4.79 Å². The van der Waals surface area contributed by atoms with Crippen LogP contribution in [0, 0.1) is 0 Å². The molecule has 1 N–H and O–H groups in total. The molecular weight excluding hydrogens is 418 g/mol. The lowest BCUT2D eigenvalue weighted by atomic mass is 10.2. The zero-order valence-electron chi connectivity index (χ0n) is 17.6. The number of aromatic nitrogens is 3. The number of amides is 1. The van der Waals surface area contributed by atoms with Crippen LogP contribution in [0.15, 0.2) is 53.7 Å². The molecule has 0 aliphatic heterocycles. The fraction of sp³-hybridized carbons (Fsp3) is 0.318. The van der Waals surface area contributed by atoms with Gasteiger partial charge in [0, 0.05) is 42.1 Å². The van der Waals surface area contributed by atoms with Crippen molar-refractivity contribution in [2.24, 2.45) is 7.05 Å². The van der Waals surface area contributed by atoms with Crippen molar-refractivity contribution in [3.05, 3.63) is 53.6 Å². The number of nitrogens with one attached hydrogen (secondary N) is 1. The van der Waals surface area contributed by atoms with Gasteiger partial charge in [-0.3, -0.25) is 4.79 Å². The maximum Gasteiger partial charge on any atom is 0.237 e. The van der Waals surface area contributed by atoms with Gasteiger partial charge in [-0.25, -0.2) is 0 Å². The van der Waals surface area contributed by atoms with Crippen molar-refractivity contribution < 1.29 is 4.79 Å². The highest BCUT2D eigenvalue weighted by molar-refractivity contribution is 8.00. The first kappa shape index (κ1) is 22.2. The van der Waals surface area contributed by atoms with E-state index in [1.807, 2.05) is 24.6 Å². The number of anilines is 2. The van der Waals surface area contributed by atoms with Crippen molar-refractivity contribution in [2.75, 3.05) is 23.3 Å². The van der Waals surface area contributed by atoms with Crippen LogP contribution in [0.3, 0.4) is 0 Å². The van der Waals surface area contributed by atoms with Gasteiger partial charge in [-0.2, -0.15) is 0 Å². The third-order valence-electron chi connectivity index (χ3n) is 4.83. The summed E-state index contributed by atoms with van der Waals surface area (Å²) in [6, 6.07) is 15.4. The van der Waals surface area contributed by atoms with E-state index in [-0.39, 0.29) is 11.2 Å². The Morgan fingerprint density at radius 2 is 1.87 bits per heavy atom. The second-order valence-corrected chi connectivity index (χ2v) is 8.59. The Bertz CT molecular complexity index is 1000. The van der Waals surface area contributed by atoms with Crippen molar-refractivity contribution in [2.45, 2.75) is 31.2 Å². The standard InChI is InChI=1S/C22H26ClN5OS/c1-5-28(6-2)19-12-10-16(11-13-19)20-25-26-22(27(20)4)30-15(3)21(29)24-18-9-7-8-17(23)14-18/h7-15H,5-6H2,1-4H3,(H,24,29). The highest BCUT2D eigenvalue weighted by Gasteiger charge is 2.19. The van der Waals surface area contributed by atoms with Crippen LogP contribution >= 0.6 is 23.4 Å². The molecule has 30 heavy (non-hydrogen) atoms. The van der Waals surface area contributed by atoms with Crippen molar-refractivity contribution in [3.8, 4) is 11.4 Å². The molecule has 1 heterocycles. The lowest BCUT2D eigenvalue weighted by Gasteiger charge is -2.21. The first-order valence-corrected chi connectivity index (χ1v) is 11.2. The zero-order chi connectivity index (χ0) is 21.7. The van der Waals surface area contributed by atoms with Crippen molar-refractivity contribution in [3.63, 3.8) is 0 Å². The van der Waals surface area contributed by atoms with E-state index in [2.05, 4.69) is 58.5 Å². The summed E-state index contributed by atoms with van der Waals surface area (Å²) in [5.74, 6) is 0.654. The maximum atomic E-state index is 12.5. The van der Waals surface area contributed by atoms with Gasteiger partial charge in [0.15, 0.2) is 11.0 Å². The van der Waals surface area contributed by atoms with Gasteiger partial charge in [-0.15, -0.1) is 10.2 Å². The van der Waals surface area contributed by atoms with Crippen molar-refractivity contribution >= 4 is 40.6 Å². The Morgan fingerprint density at radius 1 is 1.17 bits per heavy atom. The van der Waals surface area contributed by atoms with E-state index < -0.39 is 0 Å². The third kappa shape index (κ3) is 5.15. The Kier molecular flexibility index (Phi) is 7.39. The summed E-state index contributed by atoms with van der Waals surface area (Å²) >= 11 is 7.35. The summed E-state index contributed by atoms with van der Waals surface area (Å²) < 4.78 is 1.92. The lowest BCUT2D eigenvalue weighted by molar-refractivity contribution is -0.115. The molecule has 1 unspecified atom stereocenters. The highest BCUT2D eigenvalue weighted by Crippen LogP contribution is 2.28. The molecule has 0 saturated carbocycles. The monoisotopic (exact) mass is 443 g/mol. The molecule has 1 amide bonds. The van der Waals surface area contributed by atoms with Crippen LogP contribution in [0.2, 0.25) is 5.02 Å². The first-order chi connectivity index (χ1) is 14.4. The second-order valence-electron chi connectivity index (χ2n) is 6.84. The van der Waals surface area contributed by atoms with Crippen molar-refractivity contribution in [1.82, 2.24) is 14.8 Å². The number of rotatable bonds is 8. The summed E-state index contributed by atoms with van der Waals surface area (Å²) in [5.41, 5.74) is 2.85. The molecule has 0 saturated heterocycles. The molecule has 6 nitrogen and oxygen atoms in total. The minimum Gasteiger partial charge on any atom is -0.372 e. The Morgan fingerprint density at radius 3 is 2.50 bits per heavy atom. The van der Waals surface area contributed by atoms with Crippen LogP contribution in [-0.4, -0.2) is 39.0 Å². The van der Waals surface area contributed by atoms with Gasteiger partial charge in [0.2, 0.25) is 5.91 Å². The number of thioether (sulfide) groups is 1. The number of hydrogen-bond acceptors (Lipinski definition) is 5. The molecule has 1 aromatic heterocycles. The van der Waals surface area contributed by atoms with E-state index in [1.54, 1.807) is 18.2 Å². The fourth-order valence-corrected chi connectivity index (χ4v) is 4.11. The van der Waals surface area contributed by atoms with Crippen LogP contribution in [0.5, 0.6) is 0 Å². The van der Waals surface area contributed by atoms with E-state index in [1.165, 1.54) is 17.4 Å². The van der Waals surface area contributed by atoms with Gasteiger partial charge in [-0.1, -0.05) is 29.4 Å². The number of hydrogen-bond donors (Lipinski definition) is 1. The molecule has 0 aliphatic carbocycles. The molecule has 158 valence electrons. The molecule has 0 bridgehead atoms. The van der Waals surface area contributed by atoms with E-state index in [0.29, 0.717) is 15.9 Å². The normalized spacial score (nSPS) is 11.9. The molecule has 0 aliphatic rings. The minimum atomic E-state index is -0.343. The largest absolute Gasteiger partial charge is 0.372 e. The maximum absolute atomic E-state index is 12.5. The lowest BCUT2D eigenvalue weighted by Crippen LogP contribution is -2.22. The van der Waals surface area contributed by atoms with E-state index in [0.717, 1.165) is 24.5 Å². The van der Waals surface area contributed by atoms with Gasteiger partial charge < -0.3 is 14.8 Å². The molecule has 3 aromatic rings. The molecular formula is C22H26ClN5OS. The number of benzene rings is 2. The van der Waals surface area contributed by atoms with Crippen LogP contribution in [0.25, 0.3) is 11.4 Å². The second kappa shape index (κ2) is 10.00. The zero-order valence-corrected chi connectivity index (χ0v) is 19.2. The Balaban J connectivity index is 1.69. The molecule has 0 radical (unpaired) electrons. The van der Waals surface area contributed by atoms with Crippen LogP contribution in [0.4, 0.5) is 11.4 Å². The Labute approximate surface area is 186 Å². The number of carbonyl (C=O) groups is 1. The van der Waals surface area contributed by atoms with Crippen molar-refractivity contribution in [1.29, 1.82) is 0 Å². The summed E-state index contributed by atoms with van der Waals surface area (Å²) in [4.78, 5) is 14.8. The number of carbonyl (C=O) groups excluding carboxylic acids is 1. The van der Waals surface area contributed by atoms with Crippen LogP contribution in [-0.2, 0) is 11.8 Å². The summed E-state index contributed by atoms with van der Waals surface area (Å²) in [7, 11) is 1.91. The van der Waals surface area contributed by atoms with Gasteiger partial charge in [-0.05, 0) is 63.2 Å². The minimum absolute atomic E-state index is 0.115. The molecule has 1 atom stereocenters. The molecule has 3 rings (SSSR count). The van der Waals surface area contributed by atoms with E-state index in [4.69, 9.17) is 11.6 Å². The average molecular weight is 444 g/mol. The van der Waals surface area contributed by atoms with Gasteiger partial charge in [0.05, 0.1) is 5.25 Å². The fourth-order valence-electron chi connectivity index (χ4n) is 3.10. The smallest absolute Gasteiger partial charge is 0.237 e. The van der Waals surface area contributed by atoms with Crippen LogP contribution in [0.1, 0.15) is 20.8 Å². The SMILES string of the molecule is CCN(CC)c1ccc(-c2nnc(SC(C)C(=O)Nc3cccc(Cl)c3)n2C)cc1. The quantitative estimate of drug-likeness (QED) is 0.490. The molecule has 2 aromatic carbocycles. The summed E-state index contributed by atoms with van der Waals surface area (Å²) in [5, 5.41) is 12.4. The predicted molar refractivity (Wildman–Crippen MR) is 125 cm³/mol. The summed E-state index contributed by atoms with van der Waals surface area (Å²) in [6.07, 6.45) is 0. The van der Waals surface area contributed by atoms with Gasteiger partial charge >= 0.3 is 0 Å². The first-order valence-electron chi connectivity index (χ1n) is 9.90. The summed E-state index contributed by atoms with van der Waals surface area (Å²) in [6.45, 7) is 8.07. The average Bonchev–Trinajstić information content (AvgIpc) is 3.09. The van der Waals surface area contributed by atoms with E-state index >= 15 is 0 Å². The Hall–Kier alpha value is -2.51. The molecule has 8 heteroatoms. The number of nitrogens with zero attached hydrogens (tertiary/aromatic N) is 4. The molecule has 0 fully saturated rings. The third-order valence-corrected chi connectivity index (χ3v) is 6.20. The highest BCUT2D eigenvalue weighted by atomic mass is 35.5. The van der Waals surface area contributed by atoms with Gasteiger partial charge in [0.1, 0.15) is 0 Å². The topological polar surface area (TPSA) is 63.1 Å². The predicted octanol–water partition coefficient (Wildman–Crippen LogP) is 5.10. The van der Waals surface area contributed by atoms with Crippen LogP contribution < -0.4 is 10.2 Å². The van der Waals surface area contributed by atoms with Gasteiger partial charge in [0.25, 0.3) is 0 Å².